The summed E-state index contributed by atoms with van der Waals surface area (Å²) in [5.74, 6) is 0.0860. The van der Waals surface area contributed by atoms with Gasteiger partial charge < -0.3 is 15.7 Å². The number of hydrogen-bond donors (Lipinski definition) is 2. The van der Waals surface area contributed by atoms with Gasteiger partial charge in [0, 0.05) is 22.9 Å². The van der Waals surface area contributed by atoms with Gasteiger partial charge in [0.05, 0.1) is 10.0 Å². The lowest BCUT2D eigenvalue weighted by molar-refractivity contribution is 0.318. The van der Waals surface area contributed by atoms with Crippen molar-refractivity contribution in [2.45, 2.75) is 0 Å². The van der Waals surface area contributed by atoms with Gasteiger partial charge in [-0.05, 0) is 22.0 Å². The number of hydrogen-bond acceptors (Lipinski definition) is 5. The maximum absolute atomic E-state index is 8.70. The molecule has 0 bridgehead atoms. The molecule has 9 heteroatoms. The van der Waals surface area contributed by atoms with Crippen LogP contribution < -0.4 is 10.5 Å². The maximum Gasteiger partial charge on any atom is 0.249 e. The van der Waals surface area contributed by atoms with Crippen molar-refractivity contribution in [2.75, 3.05) is 0 Å². The number of nitrogens with zero attached hydrogens (tertiary/aromatic N) is 3. The number of rotatable bonds is 3. The van der Waals surface area contributed by atoms with Crippen LogP contribution in [0.2, 0.25) is 10.0 Å². The quantitative estimate of drug-likeness (QED) is 0.281. The fourth-order valence-corrected chi connectivity index (χ4v) is 2.14. The first-order chi connectivity index (χ1) is 9.52. The van der Waals surface area contributed by atoms with Gasteiger partial charge in [0.15, 0.2) is 11.5 Å². The van der Waals surface area contributed by atoms with E-state index in [2.05, 4.69) is 31.1 Å². The summed E-state index contributed by atoms with van der Waals surface area (Å²) in [6.07, 6.45) is 2.79. The summed E-state index contributed by atoms with van der Waals surface area (Å²) in [5.41, 5.74) is 5.58. The van der Waals surface area contributed by atoms with Gasteiger partial charge in [-0.25, -0.2) is 9.97 Å². The summed E-state index contributed by atoms with van der Waals surface area (Å²) in [7, 11) is 0. The zero-order valence-corrected chi connectivity index (χ0v) is 12.8. The second kappa shape index (κ2) is 6.25. The first-order valence-electron chi connectivity index (χ1n) is 5.14. The van der Waals surface area contributed by atoms with Gasteiger partial charge >= 0.3 is 0 Å². The van der Waals surface area contributed by atoms with Crippen molar-refractivity contribution < 1.29 is 9.94 Å². The van der Waals surface area contributed by atoms with Gasteiger partial charge in [-0.1, -0.05) is 28.4 Å². The number of oxime groups is 1. The normalized spacial score (nSPS) is 11.4. The topological polar surface area (TPSA) is 93.6 Å². The molecule has 0 amide bonds. The molecule has 1 aromatic heterocycles. The monoisotopic (exact) mass is 376 g/mol. The lowest BCUT2D eigenvalue weighted by Gasteiger charge is -2.10. The van der Waals surface area contributed by atoms with Crippen LogP contribution in [0.1, 0.15) is 5.69 Å². The third-order valence-corrected chi connectivity index (χ3v) is 3.69. The van der Waals surface area contributed by atoms with E-state index in [1.807, 2.05) is 0 Å². The van der Waals surface area contributed by atoms with Gasteiger partial charge in [0.25, 0.3) is 0 Å². The molecular weight excluding hydrogens is 371 g/mol. The number of amidine groups is 1. The molecule has 6 nitrogen and oxygen atoms in total. The van der Waals surface area contributed by atoms with Crippen LogP contribution in [-0.2, 0) is 0 Å². The number of aromatic nitrogens is 2. The first kappa shape index (κ1) is 14.8. The number of ether oxygens (including phenoxy) is 1. The van der Waals surface area contributed by atoms with E-state index in [1.54, 1.807) is 6.07 Å². The second-order valence-corrected chi connectivity index (χ2v) is 5.16. The van der Waals surface area contributed by atoms with Gasteiger partial charge in [0.2, 0.25) is 5.88 Å². The predicted octanol–water partition coefficient (Wildman–Crippen LogP) is 3.43. The summed E-state index contributed by atoms with van der Waals surface area (Å²) in [6.45, 7) is 0. The molecule has 0 unspecified atom stereocenters. The molecule has 20 heavy (non-hydrogen) atoms. The first-order valence-corrected chi connectivity index (χ1v) is 6.69. The number of halogens is 3. The van der Waals surface area contributed by atoms with E-state index in [0.29, 0.717) is 14.5 Å². The minimum Gasteiger partial charge on any atom is -0.435 e. The Bertz CT molecular complexity index is 681. The minimum absolute atomic E-state index is 0.0445. The molecule has 0 saturated heterocycles. The molecule has 0 aliphatic carbocycles. The van der Waals surface area contributed by atoms with Crippen LogP contribution in [0.4, 0.5) is 0 Å². The standard InChI is InChI=1S/C11H7BrCl2N4O2/c12-5-3-7(14)8(4-6(5)13)20-11-9(10(15)18-19)16-1-2-17-11/h1-4,19H,(H2,15,18). The van der Waals surface area contributed by atoms with Crippen molar-refractivity contribution >= 4 is 45.0 Å². The largest absolute Gasteiger partial charge is 0.435 e. The van der Waals surface area contributed by atoms with E-state index in [1.165, 1.54) is 18.5 Å². The molecule has 3 N–H and O–H groups in total. The second-order valence-electron chi connectivity index (χ2n) is 3.49. The fraction of sp³-hybridized carbons (Fsp3) is 0. The Morgan fingerprint density at radius 1 is 1.25 bits per heavy atom. The highest BCUT2D eigenvalue weighted by Crippen LogP contribution is 2.36. The van der Waals surface area contributed by atoms with Crippen LogP contribution >= 0.6 is 39.1 Å². The average Bonchev–Trinajstić information content (AvgIpc) is 2.44. The van der Waals surface area contributed by atoms with Crippen LogP contribution in [0.25, 0.3) is 0 Å². The predicted molar refractivity (Wildman–Crippen MR) is 78.8 cm³/mol. The Labute approximate surface area is 132 Å². The zero-order chi connectivity index (χ0) is 14.7. The lowest BCUT2D eigenvalue weighted by atomic mass is 10.3. The SMILES string of the molecule is N/C(=N/O)c1nccnc1Oc1cc(Cl)c(Br)cc1Cl. The average molecular weight is 378 g/mol. The molecule has 0 fully saturated rings. The molecule has 2 rings (SSSR count). The highest BCUT2D eigenvalue weighted by Gasteiger charge is 2.15. The van der Waals surface area contributed by atoms with E-state index in [0.717, 1.165) is 0 Å². The third-order valence-electron chi connectivity index (χ3n) is 2.20. The number of nitrogens with two attached hydrogens (primary N) is 1. The Hall–Kier alpha value is -1.57. The van der Waals surface area contributed by atoms with Crippen LogP contribution in [0.3, 0.4) is 0 Å². The van der Waals surface area contributed by atoms with E-state index < -0.39 is 0 Å². The van der Waals surface area contributed by atoms with Crippen LogP contribution in [0.15, 0.2) is 34.2 Å². The zero-order valence-electron chi connectivity index (χ0n) is 9.72. The van der Waals surface area contributed by atoms with Crippen LogP contribution in [0.5, 0.6) is 11.6 Å². The molecule has 1 aromatic carbocycles. The minimum atomic E-state index is -0.229. The van der Waals surface area contributed by atoms with E-state index >= 15 is 0 Å². The molecule has 0 atom stereocenters. The van der Waals surface area contributed by atoms with Crippen LogP contribution in [0, 0.1) is 0 Å². The molecule has 104 valence electrons. The highest BCUT2D eigenvalue weighted by atomic mass is 79.9. The van der Waals surface area contributed by atoms with Crippen molar-refractivity contribution in [3.63, 3.8) is 0 Å². The molecule has 0 aliphatic heterocycles. The molecule has 0 radical (unpaired) electrons. The van der Waals surface area contributed by atoms with Gasteiger partial charge in [-0.15, -0.1) is 0 Å². The summed E-state index contributed by atoms with van der Waals surface area (Å²) < 4.78 is 6.15. The summed E-state index contributed by atoms with van der Waals surface area (Å²) in [4.78, 5) is 7.89. The Morgan fingerprint density at radius 2 is 1.95 bits per heavy atom. The fourth-order valence-electron chi connectivity index (χ4n) is 1.31. The lowest BCUT2D eigenvalue weighted by Crippen LogP contribution is -2.16. The Balaban J connectivity index is 2.43. The van der Waals surface area contributed by atoms with Gasteiger partial charge in [0.1, 0.15) is 5.75 Å². The Kier molecular flexibility index (Phi) is 4.64. The van der Waals surface area contributed by atoms with Gasteiger partial charge in [-0.3, -0.25) is 0 Å². The van der Waals surface area contributed by atoms with Crippen molar-refractivity contribution in [2.24, 2.45) is 10.9 Å². The van der Waals surface area contributed by atoms with Crippen molar-refractivity contribution in [1.29, 1.82) is 0 Å². The van der Waals surface area contributed by atoms with E-state index in [4.69, 9.17) is 38.9 Å². The van der Waals surface area contributed by atoms with Crippen molar-refractivity contribution in [1.82, 2.24) is 9.97 Å². The van der Waals surface area contributed by atoms with Gasteiger partial charge in [-0.2, -0.15) is 0 Å². The van der Waals surface area contributed by atoms with E-state index in [-0.39, 0.29) is 23.2 Å². The summed E-state index contributed by atoms with van der Waals surface area (Å²) in [5, 5.41) is 12.3. The summed E-state index contributed by atoms with van der Waals surface area (Å²) in [6, 6.07) is 3.09. The highest BCUT2D eigenvalue weighted by molar-refractivity contribution is 9.10. The molecule has 0 spiro atoms. The molecule has 2 aromatic rings. The smallest absolute Gasteiger partial charge is 0.249 e. The molecular formula is C11H7BrCl2N4O2. The number of benzene rings is 1. The third kappa shape index (κ3) is 3.12. The molecule has 0 aliphatic rings. The maximum atomic E-state index is 8.70. The van der Waals surface area contributed by atoms with Crippen molar-refractivity contribution in [3.05, 3.63) is 44.7 Å². The van der Waals surface area contributed by atoms with Crippen molar-refractivity contribution in [3.8, 4) is 11.6 Å². The Morgan fingerprint density at radius 3 is 2.65 bits per heavy atom. The molecule has 1 heterocycles. The summed E-state index contributed by atoms with van der Waals surface area (Å²) >= 11 is 15.3. The molecule has 0 saturated carbocycles. The van der Waals surface area contributed by atoms with E-state index in [9.17, 15) is 0 Å². The van der Waals surface area contributed by atoms with Crippen LogP contribution in [-0.4, -0.2) is 21.0 Å².